The van der Waals surface area contributed by atoms with Crippen molar-refractivity contribution in [3.8, 4) is 0 Å². The summed E-state index contributed by atoms with van der Waals surface area (Å²) in [5, 5.41) is 8.96. The third-order valence-corrected chi connectivity index (χ3v) is 3.42. The molecular formula is C12H24N2O. The first kappa shape index (κ1) is 12.7. The van der Waals surface area contributed by atoms with Crippen LogP contribution in [0.3, 0.4) is 0 Å². The fourth-order valence-corrected chi connectivity index (χ4v) is 2.58. The molecule has 2 atom stereocenters. The van der Waals surface area contributed by atoms with E-state index in [1.54, 1.807) is 0 Å². The Morgan fingerprint density at radius 2 is 2.13 bits per heavy atom. The van der Waals surface area contributed by atoms with Crippen LogP contribution in [0, 0.1) is 11.8 Å². The zero-order valence-electron chi connectivity index (χ0n) is 9.57. The van der Waals surface area contributed by atoms with Crippen LogP contribution in [-0.4, -0.2) is 42.8 Å². The second-order valence-corrected chi connectivity index (χ2v) is 4.46. The Morgan fingerprint density at radius 1 is 1.40 bits per heavy atom. The topological polar surface area (TPSA) is 49.5 Å². The molecule has 88 valence electrons. The molecule has 0 aliphatic heterocycles. The van der Waals surface area contributed by atoms with Gasteiger partial charge in [-0.3, -0.25) is 4.90 Å². The van der Waals surface area contributed by atoms with Gasteiger partial charge < -0.3 is 10.8 Å². The summed E-state index contributed by atoms with van der Waals surface area (Å²) in [5.41, 5.74) is 5.76. The first-order valence-corrected chi connectivity index (χ1v) is 5.96. The Hall–Kier alpha value is -0.380. The highest BCUT2D eigenvalue weighted by Gasteiger charge is 2.27. The average molecular weight is 212 g/mol. The lowest BCUT2D eigenvalue weighted by Gasteiger charge is -2.26. The minimum Gasteiger partial charge on any atom is -0.395 e. The molecule has 0 saturated heterocycles. The van der Waals surface area contributed by atoms with Crippen molar-refractivity contribution in [2.24, 2.45) is 17.6 Å². The Kier molecular flexibility index (Phi) is 5.91. The standard InChI is InChI=1S/C12H24N2O/c1-2-6-14(7-8-15)10-12-5-3-4-11(12)9-13/h2,11-12,15H,1,3-10,13H2. The predicted octanol–water partition coefficient (Wildman–Crippen LogP) is 0.842. The molecule has 3 N–H and O–H groups in total. The fourth-order valence-electron chi connectivity index (χ4n) is 2.58. The number of hydrogen-bond donors (Lipinski definition) is 2. The van der Waals surface area contributed by atoms with Crippen LogP contribution < -0.4 is 5.73 Å². The summed E-state index contributed by atoms with van der Waals surface area (Å²) in [7, 11) is 0. The van der Waals surface area contributed by atoms with E-state index >= 15 is 0 Å². The van der Waals surface area contributed by atoms with Crippen molar-refractivity contribution < 1.29 is 5.11 Å². The van der Waals surface area contributed by atoms with Gasteiger partial charge in [-0.05, 0) is 31.2 Å². The van der Waals surface area contributed by atoms with Crippen molar-refractivity contribution in [1.82, 2.24) is 4.90 Å². The van der Waals surface area contributed by atoms with Crippen molar-refractivity contribution in [1.29, 1.82) is 0 Å². The zero-order chi connectivity index (χ0) is 11.1. The van der Waals surface area contributed by atoms with Gasteiger partial charge >= 0.3 is 0 Å². The molecule has 0 aromatic carbocycles. The molecule has 1 fully saturated rings. The van der Waals surface area contributed by atoms with Crippen LogP contribution >= 0.6 is 0 Å². The van der Waals surface area contributed by atoms with E-state index in [9.17, 15) is 0 Å². The van der Waals surface area contributed by atoms with Crippen LogP contribution in [0.1, 0.15) is 19.3 Å². The van der Waals surface area contributed by atoms with Gasteiger partial charge in [0.05, 0.1) is 6.61 Å². The van der Waals surface area contributed by atoms with E-state index in [0.29, 0.717) is 5.92 Å². The van der Waals surface area contributed by atoms with Crippen LogP contribution in [0.25, 0.3) is 0 Å². The van der Waals surface area contributed by atoms with E-state index in [2.05, 4.69) is 11.5 Å². The number of aliphatic hydroxyl groups excluding tert-OH is 1. The quantitative estimate of drug-likeness (QED) is 0.615. The van der Waals surface area contributed by atoms with Gasteiger partial charge in [0.15, 0.2) is 0 Å². The molecule has 0 aromatic heterocycles. The third kappa shape index (κ3) is 3.93. The minimum absolute atomic E-state index is 0.230. The second kappa shape index (κ2) is 6.99. The molecule has 1 aliphatic rings. The number of nitrogens with zero attached hydrogens (tertiary/aromatic N) is 1. The predicted molar refractivity (Wildman–Crippen MR) is 63.6 cm³/mol. The van der Waals surface area contributed by atoms with Gasteiger partial charge in [-0.1, -0.05) is 12.5 Å². The van der Waals surface area contributed by atoms with Crippen LogP contribution in [0.15, 0.2) is 12.7 Å². The number of aliphatic hydroxyl groups is 1. The summed E-state index contributed by atoms with van der Waals surface area (Å²) in [4.78, 5) is 2.27. The SMILES string of the molecule is C=CCN(CCO)CC1CCCC1CN. The molecule has 0 aromatic rings. The summed E-state index contributed by atoms with van der Waals surface area (Å²) in [6.45, 7) is 7.47. The lowest BCUT2D eigenvalue weighted by Crippen LogP contribution is -2.35. The molecule has 2 unspecified atom stereocenters. The van der Waals surface area contributed by atoms with E-state index in [1.165, 1.54) is 19.3 Å². The van der Waals surface area contributed by atoms with Crippen molar-refractivity contribution in [2.45, 2.75) is 19.3 Å². The number of hydrogen-bond acceptors (Lipinski definition) is 3. The molecule has 3 heteroatoms. The third-order valence-electron chi connectivity index (χ3n) is 3.42. The molecule has 0 amide bonds. The van der Waals surface area contributed by atoms with Crippen molar-refractivity contribution >= 4 is 0 Å². The first-order valence-electron chi connectivity index (χ1n) is 5.96. The van der Waals surface area contributed by atoms with Gasteiger partial charge in [0, 0.05) is 19.6 Å². The molecule has 3 nitrogen and oxygen atoms in total. The van der Waals surface area contributed by atoms with Gasteiger partial charge in [0.2, 0.25) is 0 Å². The maximum Gasteiger partial charge on any atom is 0.0558 e. The summed E-state index contributed by atoms with van der Waals surface area (Å²) < 4.78 is 0. The summed E-state index contributed by atoms with van der Waals surface area (Å²) in [6.07, 6.45) is 5.79. The monoisotopic (exact) mass is 212 g/mol. The van der Waals surface area contributed by atoms with Crippen molar-refractivity contribution in [2.75, 3.05) is 32.8 Å². The molecule has 1 saturated carbocycles. The molecule has 1 aliphatic carbocycles. The number of nitrogens with two attached hydrogens (primary N) is 1. The van der Waals surface area contributed by atoms with Gasteiger partial charge in [-0.25, -0.2) is 0 Å². The average Bonchev–Trinajstić information content (AvgIpc) is 2.66. The van der Waals surface area contributed by atoms with Crippen LogP contribution in [-0.2, 0) is 0 Å². The maximum absolute atomic E-state index is 8.96. The van der Waals surface area contributed by atoms with Crippen molar-refractivity contribution in [3.05, 3.63) is 12.7 Å². The van der Waals surface area contributed by atoms with E-state index in [4.69, 9.17) is 10.8 Å². The van der Waals surface area contributed by atoms with Crippen molar-refractivity contribution in [3.63, 3.8) is 0 Å². The van der Waals surface area contributed by atoms with Gasteiger partial charge in [0.25, 0.3) is 0 Å². The highest BCUT2D eigenvalue weighted by Crippen LogP contribution is 2.31. The minimum atomic E-state index is 0.230. The second-order valence-electron chi connectivity index (χ2n) is 4.46. The van der Waals surface area contributed by atoms with E-state index in [0.717, 1.165) is 32.1 Å². The summed E-state index contributed by atoms with van der Waals surface area (Å²) >= 11 is 0. The lowest BCUT2D eigenvalue weighted by molar-refractivity contribution is 0.175. The fraction of sp³-hybridized carbons (Fsp3) is 0.833. The molecule has 1 rings (SSSR count). The normalized spacial score (nSPS) is 26.1. The molecule has 15 heavy (non-hydrogen) atoms. The van der Waals surface area contributed by atoms with E-state index in [-0.39, 0.29) is 6.61 Å². The highest BCUT2D eigenvalue weighted by atomic mass is 16.3. The van der Waals surface area contributed by atoms with E-state index in [1.807, 2.05) is 6.08 Å². The highest BCUT2D eigenvalue weighted by molar-refractivity contribution is 4.82. The molecular weight excluding hydrogens is 188 g/mol. The summed E-state index contributed by atoms with van der Waals surface area (Å²) in [6, 6.07) is 0. The van der Waals surface area contributed by atoms with Crippen LogP contribution in [0.2, 0.25) is 0 Å². The smallest absolute Gasteiger partial charge is 0.0558 e. The summed E-state index contributed by atoms with van der Waals surface area (Å²) in [5.74, 6) is 1.41. The Balaban J connectivity index is 2.38. The molecule has 0 bridgehead atoms. The maximum atomic E-state index is 8.96. The zero-order valence-corrected chi connectivity index (χ0v) is 9.57. The number of rotatable bonds is 7. The largest absolute Gasteiger partial charge is 0.395 e. The Labute approximate surface area is 93.0 Å². The van der Waals surface area contributed by atoms with Gasteiger partial charge in [0.1, 0.15) is 0 Å². The van der Waals surface area contributed by atoms with E-state index < -0.39 is 0 Å². The molecule has 0 radical (unpaired) electrons. The Bertz CT molecular complexity index is 184. The van der Waals surface area contributed by atoms with Gasteiger partial charge in [-0.15, -0.1) is 6.58 Å². The first-order chi connectivity index (χ1) is 7.31. The molecule has 0 heterocycles. The van der Waals surface area contributed by atoms with Crippen LogP contribution in [0.4, 0.5) is 0 Å². The molecule has 0 spiro atoms. The Morgan fingerprint density at radius 3 is 2.73 bits per heavy atom. The lowest BCUT2D eigenvalue weighted by atomic mass is 9.95. The van der Waals surface area contributed by atoms with Gasteiger partial charge in [-0.2, -0.15) is 0 Å². The van der Waals surface area contributed by atoms with Crippen LogP contribution in [0.5, 0.6) is 0 Å².